The van der Waals surface area contributed by atoms with E-state index in [0.717, 1.165) is 50.1 Å². The van der Waals surface area contributed by atoms with Gasteiger partial charge in [-0.3, -0.25) is 4.99 Å². The van der Waals surface area contributed by atoms with Crippen LogP contribution in [0.3, 0.4) is 0 Å². The number of halogens is 1. The molecule has 1 atom stereocenters. The zero-order valence-electron chi connectivity index (χ0n) is 16.0. The van der Waals surface area contributed by atoms with E-state index in [1.807, 2.05) is 19.2 Å². The third kappa shape index (κ3) is 4.89. The van der Waals surface area contributed by atoms with Crippen molar-refractivity contribution in [3.05, 3.63) is 34.9 Å². The molecule has 1 aliphatic heterocycles. The maximum atomic E-state index is 6.07. The summed E-state index contributed by atoms with van der Waals surface area (Å²) in [7, 11) is 3.65. The number of benzene rings is 1. The average molecular weight is 366 g/mol. The van der Waals surface area contributed by atoms with E-state index < -0.39 is 0 Å². The van der Waals surface area contributed by atoms with Gasteiger partial charge in [0.25, 0.3) is 0 Å². The van der Waals surface area contributed by atoms with Crippen molar-refractivity contribution >= 4 is 17.6 Å². The van der Waals surface area contributed by atoms with Gasteiger partial charge in [-0.25, -0.2) is 0 Å². The number of guanidine groups is 1. The second-order valence-corrected chi connectivity index (χ2v) is 7.39. The van der Waals surface area contributed by atoms with E-state index >= 15 is 0 Å². The first-order chi connectivity index (χ1) is 12.1. The number of ether oxygens (including phenoxy) is 1. The maximum absolute atomic E-state index is 6.07. The number of rotatable bonds is 7. The van der Waals surface area contributed by atoms with Crippen LogP contribution in [0.2, 0.25) is 5.02 Å². The molecule has 140 valence electrons. The van der Waals surface area contributed by atoms with Gasteiger partial charge < -0.3 is 15.0 Å². The summed E-state index contributed by atoms with van der Waals surface area (Å²) in [6, 6.07) is 8.29. The fourth-order valence-corrected chi connectivity index (χ4v) is 3.92. The fraction of sp³-hybridized carbons (Fsp3) is 0.650. The molecule has 1 saturated heterocycles. The molecule has 1 fully saturated rings. The molecule has 0 amide bonds. The molecule has 4 nitrogen and oxygen atoms in total. The summed E-state index contributed by atoms with van der Waals surface area (Å²) >= 11 is 6.07. The highest BCUT2D eigenvalue weighted by Crippen LogP contribution is 2.32. The van der Waals surface area contributed by atoms with Gasteiger partial charge in [-0.05, 0) is 37.0 Å². The molecule has 5 heteroatoms. The molecule has 1 aliphatic rings. The number of hydrogen-bond donors (Lipinski definition) is 1. The minimum atomic E-state index is 0.0895. The Balaban J connectivity index is 2.05. The van der Waals surface area contributed by atoms with Crippen molar-refractivity contribution in [3.8, 4) is 0 Å². The maximum Gasteiger partial charge on any atom is 0.193 e. The second-order valence-electron chi connectivity index (χ2n) is 6.95. The van der Waals surface area contributed by atoms with Crippen LogP contribution in [-0.4, -0.2) is 51.3 Å². The lowest BCUT2D eigenvalue weighted by molar-refractivity contribution is 0.157. The number of aliphatic imine (C=N–C) groups is 1. The third-order valence-corrected chi connectivity index (χ3v) is 5.85. The van der Waals surface area contributed by atoms with E-state index in [9.17, 15) is 0 Å². The zero-order valence-corrected chi connectivity index (χ0v) is 16.8. The van der Waals surface area contributed by atoms with Gasteiger partial charge >= 0.3 is 0 Å². The summed E-state index contributed by atoms with van der Waals surface area (Å²) in [5.74, 6) is 1.60. The Labute approximate surface area is 157 Å². The summed E-state index contributed by atoms with van der Waals surface area (Å²) in [5.41, 5.74) is 1.43. The molecule has 0 aromatic heterocycles. The smallest absolute Gasteiger partial charge is 0.193 e. The molecular weight excluding hydrogens is 334 g/mol. The predicted molar refractivity (Wildman–Crippen MR) is 107 cm³/mol. The van der Waals surface area contributed by atoms with Crippen LogP contribution in [0.15, 0.2) is 29.3 Å². The van der Waals surface area contributed by atoms with Gasteiger partial charge in [0, 0.05) is 50.1 Å². The topological polar surface area (TPSA) is 36.9 Å². The van der Waals surface area contributed by atoms with Gasteiger partial charge in [0.05, 0.1) is 6.61 Å². The lowest BCUT2D eigenvalue weighted by atomic mass is 9.76. The van der Waals surface area contributed by atoms with Crippen molar-refractivity contribution in [2.45, 2.75) is 38.5 Å². The van der Waals surface area contributed by atoms with Crippen LogP contribution in [0.25, 0.3) is 0 Å². The molecule has 1 N–H and O–H groups in total. The van der Waals surface area contributed by atoms with E-state index in [1.165, 1.54) is 12.0 Å². The van der Waals surface area contributed by atoms with Gasteiger partial charge in [-0.1, -0.05) is 37.6 Å². The Hall–Kier alpha value is -1.26. The van der Waals surface area contributed by atoms with Crippen LogP contribution in [0.4, 0.5) is 0 Å². The summed E-state index contributed by atoms with van der Waals surface area (Å²) in [6.45, 7) is 8.27. The molecule has 0 aliphatic carbocycles. The number of likely N-dealkylation sites (tertiary alicyclic amines) is 1. The minimum absolute atomic E-state index is 0.0895. The number of nitrogens with zero attached hydrogens (tertiary/aromatic N) is 2. The van der Waals surface area contributed by atoms with Crippen molar-refractivity contribution in [2.75, 3.05) is 40.4 Å². The highest BCUT2D eigenvalue weighted by atomic mass is 35.5. The van der Waals surface area contributed by atoms with Crippen LogP contribution in [0, 0.1) is 5.92 Å². The van der Waals surface area contributed by atoms with E-state index in [2.05, 4.69) is 41.2 Å². The van der Waals surface area contributed by atoms with E-state index in [0.29, 0.717) is 5.92 Å². The Morgan fingerprint density at radius 2 is 2.00 bits per heavy atom. The Bertz CT molecular complexity index is 555. The highest BCUT2D eigenvalue weighted by molar-refractivity contribution is 6.30. The predicted octanol–water partition coefficient (Wildman–Crippen LogP) is 3.94. The molecule has 1 unspecified atom stereocenters. The van der Waals surface area contributed by atoms with Gasteiger partial charge in [-0.2, -0.15) is 0 Å². The molecule has 0 bridgehead atoms. The van der Waals surface area contributed by atoms with E-state index in [-0.39, 0.29) is 5.41 Å². The number of hydrogen-bond acceptors (Lipinski definition) is 2. The first-order valence-electron chi connectivity index (χ1n) is 9.29. The van der Waals surface area contributed by atoms with Gasteiger partial charge in [0.15, 0.2) is 5.96 Å². The third-order valence-electron chi connectivity index (χ3n) is 5.59. The summed E-state index contributed by atoms with van der Waals surface area (Å²) in [4.78, 5) is 6.86. The molecule has 2 rings (SSSR count). The average Bonchev–Trinajstić information content (AvgIpc) is 3.09. The highest BCUT2D eigenvalue weighted by Gasteiger charge is 2.30. The molecule has 0 spiro atoms. The monoisotopic (exact) mass is 365 g/mol. The van der Waals surface area contributed by atoms with Crippen LogP contribution < -0.4 is 5.32 Å². The van der Waals surface area contributed by atoms with Crippen LogP contribution in [0.1, 0.15) is 38.7 Å². The quantitative estimate of drug-likeness (QED) is 0.587. The molecule has 1 heterocycles. The van der Waals surface area contributed by atoms with Crippen LogP contribution >= 0.6 is 11.6 Å². The lowest BCUT2D eigenvalue weighted by Crippen LogP contribution is -2.46. The standard InChI is InChI=1S/C20H32ClN3O/c1-5-20(6-2,17-7-9-18(21)10-8-17)15-23-19(22-3)24-12-11-16(13-24)14-25-4/h7-10,16H,5-6,11-15H2,1-4H3,(H,22,23). The number of methoxy groups -OCH3 is 1. The zero-order chi connectivity index (χ0) is 18.3. The first kappa shape index (κ1) is 20.1. The minimum Gasteiger partial charge on any atom is -0.384 e. The fourth-order valence-electron chi connectivity index (χ4n) is 3.79. The van der Waals surface area contributed by atoms with Crippen LogP contribution in [0.5, 0.6) is 0 Å². The second kappa shape index (κ2) is 9.44. The van der Waals surface area contributed by atoms with Crippen molar-refractivity contribution < 1.29 is 4.74 Å². The van der Waals surface area contributed by atoms with Gasteiger partial charge in [0.1, 0.15) is 0 Å². The molecule has 1 aromatic carbocycles. The van der Waals surface area contributed by atoms with Crippen LogP contribution in [-0.2, 0) is 10.2 Å². The molecule has 0 saturated carbocycles. The molecule has 1 aromatic rings. The Morgan fingerprint density at radius 1 is 1.32 bits per heavy atom. The van der Waals surface area contributed by atoms with Crippen molar-refractivity contribution in [2.24, 2.45) is 10.9 Å². The molecule has 25 heavy (non-hydrogen) atoms. The van der Waals surface area contributed by atoms with Gasteiger partial charge in [-0.15, -0.1) is 0 Å². The molecule has 0 radical (unpaired) electrons. The van der Waals surface area contributed by atoms with Gasteiger partial charge in [0.2, 0.25) is 0 Å². The summed E-state index contributed by atoms with van der Waals surface area (Å²) < 4.78 is 5.31. The first-order valence-corrected chi connectivity index (χ1v) is 9.67. The SMILES string of the molecule is CCC(CC)(CNC(=NC)N1CCC(COC)C1)c1ccc(Cl)cc1. The van der Waals surface area contributed by atoms with Crippen molar-refractivity contribution in [1.82, 2.24) is 10.2 Å². The largest absolute Gasteiger partial charge is 0.384 e. The number of nitrogens with one attached hydrogen (secondary N) is 1. The summed E-state index contributed by atoms with van der Waals surface area (Å²) in [5, 5.41) is 4.42. The Kier molecular flexibility index (Phi) is 7.57. The van der Waals surface area contributed by atoms with E-state index in [1.54, 1.807) is 7.11 Å². The van der Waals surface area contributed by atoms with Crippen molar-refractivity contribution in [1.29, 1.82) is 0 Å². The summed E-state index contributed by atoms with van der Waals surface area (Å²) in [6.07, 6.45) is 3.31. The molecular formula is C20H32ClN3O. The van der Waals surface area contributed by atoms with E-state index in [4.69, 9.17) is 16.3 Å². The lowest BCUT2D eigenvalue weighted by Gasteiger charge is -2.34. The normalized spacial score (nSPS) is 18.7. The van der Waals surface area contributed by atoms with Crippen molar-refractivity contribution in [3.63, 3.8) is 0 Å². The Morgan fingerprint density at radius 3 is 2.56 bits per heavy atom.